The third-order valence-electron chi connectivity index (χ3n) is 12.1. The predicted molar refractivity (Wildman–Crippen MR) is 197 cm³/mol. The second-order valence-electron chi connectivity index (χ2n) is 15.4. The number of allylic oxidation sites excluding steroid dienone is 1. The van der Waals surface area contributed by atoms with Gasteiger partial charge in [0.05, 0.1) is 33.7 Å². The number of fused-ring (bicyclic) bond motifs is 4. The molecule has 1 amide bonds. The molecule has 2 aliphatic carbocycles. The highest BCUT2D eigenvalue weighted by Gasteiger charge is 2.50. The first-order chi connectivity index (χ1) is 22.8. The Morgan fingerprint density at radius 2 is 2.00 bits per heavy atom. The van der Waals surface area contributed by atoms with E-state index in [1.54, 1.807) is 13.2 Å². The van der Waals surface area contributed by atoms with Gasteiger partial charge in [0, 0.05) is 47.9 Å². The molecule has 2 aromatic carbocycles. The summed E-state index contributed by atoms with van der Waals surface area (Å²) in [5.74, 6) is 4.94. The molecule has 8 atom stereocenters. The molecule has 0 saturated heterocycles. The summed E-state index contributed by atoms with van der Waals surface area (Å²) >= 11 is 6.47. The van der Waals surface area contributed by atoms with Crippen LogP contribution in [0.2, 0.25) is 5.02 Å². The number of carbonyl (C=O) groups excluding carboxylic acids is 1. The van der Waals surface area contributed by atoms with E-state index in [0.29, 0.717) is 30.9 Å². The number of aliphatic hydroxyl groups excluding tert-OH is 1. The molecule has 9 heteroatoms. The summed E-state index contributed by atoms with van der Waals surface area (Å²) in [4.78, 5) is 16.1. The molecule has 1 fully saturated rings. The van der Waals surface area contributed by atoms with E-state index < -0.39 is 27.3 Å². The molecule has 48 heavy (non-hydrogen) atoms. The number of rotatable bonds is 4. The van der Waals surface area contributed by atoms with Gasteiger partial charge in [0.1, 0.15) is 5.75 Å². The number of aryl methyl sites for hydroxylation is 1. The molecule has 2 N–H and O–H groups in total. The Kier molecular flexibility index (Phi) is 10.0. The Bertz CT molecular complexity index is 1660. The van der Waals surface area contributed by atoms with Crippen molar-refractivity contribution in [2.24, 2.45) is 23.7 Å². The minimum absolute atomic E-state index is 0.0124. The van der Waals surface area contributed by atoms with Crippen LogP contribution < -0.4 is 14.4 Å². The van der Waals surface area contributed by atoms with Gasteiger partial charge in [-0.1, -0.05) is 50.6 Å². The maximum absolute atomic E-state index is 13.9. The van der Waals surface area contributed by atoms with Gasteiger partial charge in [0.2, 0.25) is 0 Å². The van der Waals surface area contributed by atoms with E-state index in [0.717, 1.165) is 61.7 Å². The van der Waals surface area contributed by atoms with Crippen LogP contribution in [0.5, 0.6) is 5.75 Å². The molecule has 0 radical (unpaired) electrons. The number of aliphatic hydroxyl groups is 1. The fraction of sp³-hybridized carbons (Fsp3) is 0.590. The van der Waals surface area contributed by atoms with E-state index in [9.17, 15) is 14.1 Å². The summed E-state index contributed by atoms with van der Waals surface area (Å²) < 4.78 is 29.9. The SMILES string of the molecule is C=S1(=O)NC(=O)c2ccc3c(c2)N(C[C@@H]2CC[C@H]2[C@@](C[C@@H](O)C(C)C)(OC)/C=C/C[C@H](C)[C@H]1C)C[C@@]1(CCCc2cc(Cl)ccc21)CO3. The normalized spacial score (nSPS) is 35.0. The average Bonchev–Trinajstić information content (AvgIpc) is 3.18. The number of benzene rings is 2. The first-order valence-corrected chi connectivity index (χ1v) is 19.8. The van der Waals surface area contributed by atoms with Crippen molar-refractivity contribution in [1.29, 1.82) is 0 Å². The zero-order chi connectivity index (χ0) is 34.4. The van der Waals surface area contributed by atoms with Crippen LogP contribution in [0.25, 0.3) is 0 Å². The molecule has 2 aliphatic heterocycles. The number of nitrogens with one attached hydrogen (secondary N) is 1. The van der Waals surface area contributed by atoms with Crippen LogP contribution in [0.4, 0.5) is 5.69 Å². The molecule has 2 heterocycles. The van der Waals surface area contributed by atoms with Crippen molar-refractivity contribution in [1.82, 2.24) is 4.72 Å². The molecular weight excluding hydrogens is 644 g/mol. The largest absolute Gasteiger partial charge is 0.490 e. The van der Waals surface area contributed by atoms with Crippen molar-refractivity contribution in [3.05, 3.63) is 70.3 Å². The molecular formula is C39H53ClN2O5S. The minimum Gasteiger partial charge on any atom is -0.490 e. The lowest BCUT2D eigenvalue weighted by Gasteiger charge is -2.51. The minimum atomic E-state index is -2.97. The number of methoxy groups -OCH3 is 1. The molecule has 7 nitrogen and oxygen atoms in total. The standard InChI is InChI=1S/C39H53ClN2O5S/c1-25(2)35(43)21-39(46-5)18-7-9-26(3)27(4)48(6,45)41-37(44)29-12-16-36-34(20-29)42(22-30-11-14-33(30)39)23-38(24-47-36)17-8-10-28-19-31(40)13-15-32(28)38/h7,12-13,15-16,18-20,25-27,30,33,35,43H,6,8-11,14,17,21-24H2,1-5H3,(H,41,44,45)/b18-7+/t26-,27+,30-,33+,35+,38-,39+,48?/m0/s1. The maximum Gasteiger partial charge on any atom is 0.262 e. The van der Waals surface area contributed by atoms with Crippen LogP contribution >= 0.6 is 11.6 Å². The average molecular weight is 697 g/mol. The Labute approximate surface area is 292 Å². The van der Waals surface area contributed by atoms with Crippen LogP contribution in [0.15, 0.2) is 48.6 Å². The van der Waals surface area contributed by atoms with Crippen molar-refractivity contribution >= 4 is 38.8 Å². The molecule has 6 rings (SSSR count). The monoisotopic (exact) mass is 696 g/mol. The lowest BCUT2D eigenvalue weighted by Crippen LogP contribution is -2.54. The smallest absolute Gasteiger partial charge is 0.262 e. The molecule has 1 unspecified atom stereocenters. The predicted octanol–water partition coefficient (Wildman–Crippen LogP) is 6.98. The summed E-state index contributed by atoms with van der Waals surface area (Å²) in [5, 5.41) is 11.6. The maximum atomic E-state index is 13.9. The summed E-state index contributed by atoms with van der Waals surface area (Å²) in [5.41, 5.74) is 2.98. The summed E-state index contributed by atoms with van der Waals surface area (Å²) in [7, 11) is -1.20. The number of carbonyl (C=O) groups is 1. The zero-order valence-electron chi connectivity index (χ0n) is 29.2. The van der Waals surface area contributed by atoms with Gasteiger partial charge in [-0.3, -0.25) is 9.52 Å². The summed E-state index contributed by atoms with van der Waals surface area (Å²) in [6, 6.07) is 11.8. The number of nitrogens with zero attached hydrogens (tertiary/aromatic N) is 1. The second-order valence-corrected chi connectivity index (χ2v) is 18.2. The fourth-order valence-corrected chi connectivity index (χ4v) is 10.2. The van der Waals surface area contributed by atoms with Crippen molar-refractivity contribution < 1.29 is 23.6 Å². The number of hydrogen-bond donors (Lipinski definition) is 2. The van der Waals surface area contributed by atoms with Crippen LogP contribution in [-0.4, -0.2) is 64.9 Å². The molecule has 1 saturated carbocycles. The van der Waals surface area contributed by atoms with Crippen LogP contribution in [-0.2, 0) is 26.3 Å². The number of hydrogen-bond acceptors (Lipinski definition) is 6. The number of anilines is 1. The summed E-state index contributed by atoms with van der Waals surface area (Å²) in [6.45, 7) is 10.1. The van der Waals surface area contributed by atoms with Crippen molar-refractivity contribution in [3.63, 3.8) is 0 Å². The quantitative estimate of drug-likeness (QED) is 0.265. The number of ether oxygens (including phenoxy) is 2. The lowest BCUT2D eigenvalue weighted by molar-refractivity contribution is -0.103. The second kappa shape index (κ2) is 13.7. The Hall–Kier alpha value is -2.52. The first kappa shape index (κ1) is 35.3. The van der Waals surface area contributed by atoms with Crippen molar-refractivity contribution in [2.75, 3.05) is 31.7 Å². The molecule has 2 aromatic rings. The fourth-order valence-electron chi connectivity index (χ4n) is 8.54. The Balaban J connectivity index is 1.46. The molecule has 262 valence electrons. The van der Waals surface area contributed by atoms with Gasteiger partial charge in [-0.15, -0.1) is 0 Å². The molecule has 2 bridgehead atoms. The first-order valence-electron chi connectivity index (χ1n) is 17.7. The third kappa shape index (κ3) is 6.67. The van der Waals surface area contributed by atoms with Gasteiger partial charge in [0.25, 0.3) is 5.91 Å². The van der Waals surface area contributed by atoms with Crippen molar-refractivity contribution in [3.8, 4) is 5.75 Å². The molecule has 1 spiro atoms. The van der Waals surface area contributed by atoms with Gasteiger partial charge in [-0.05, 0) is 116 Å². The number of halogens is 1. The van der Waals surface area contributed by atoms with Crippen LogP contribution in [0.1, 0.15) is 87.7 Å². The Morgan fingerprint density at radius 1 is 1.21 bits per heavy atom. The van der Waals surface area contributed by atoms with E-state index in [2.05, 4.69) is 53.6 Å². The van der Waals surface area contributed by atoms with E-state index >= 15 is 0 Å². The van der Waals surface area contributed by atoms with Gasteiger partial charge >= 0.3 is 0 Å². The van der Waals surface area contributed by atoms with E-state index in [1.807, 2.05) is 32.0 Å². The number of amides is 1. The zero-order valence-corrected chi connectivity index (χ0v) is 30.7. The van der Waals surface area contributed by atoms with Crippen LogP contribution in [0, 0.1) is 23.7 Å². The molecule has 0 aromatic heterocycles. The van der Waals surface area contributed by atoms with Crippen molar-refractivity contribution in [2.45, 2.75) is 95.0 Å². The third-order valence-corrected chi connectivity index (χ3v) is 14.5. The highest BCUT2D eigenvalue weighted by molar-refractivity contribution is 7.99. The summed E-state index contributed by atoms with van der Waals surface area (Å²) in [6.07, 6.45) is 10.0. The van der Waals surface area contributed by atoms with Gasteiger partial charge < -0.3 is 19.5 Å². The van der Waals surface area contributed by atoms with Gasteiger partial charge in [-0.25, -0.2) is 4.21 Å². The van der Waals surface area contributed by atoms with Gasteiger partial charge in [-0.2, -0.15) is 0 Å². The lowest BCUT2D eigenvalue weighted by atomic mass is 9.62. The highest BCUT2D eigenvalue weighted by Crippen LogP contribution is 2.50. The Morgan fingerprint density at radius 3 is 2.71 bits per heavy atom. The van der Waals surface area contributed by atoms with E-state index in [-0.39, 0.29) is 28.4 Å². The van der Waals surface area contributed by atoms with E-state index in [4.69, 9.17) is 21.1 Å². The van der Waals surface area contributed by atoms with Gasteiger partial charge in [0.15, 0.2) is 0 Å². The topological polar surface area (TPSA) is 88.1 Å². The molecule has 4 aliphatic rings. The highest BCUT2D eigenvalue weighted by atomic mass is 35.5. The van der Waals surface area contributed by atoms with Crippen LogP contribution in [0.3, 0.4) is 0 Å². The van der Waals surface area contributed by atoms with E-state index in [1.165, 1.54) is 11.1 Å².